The maximum Gasteiger partial charge on any atom is 0.289 e. The van der Waals surface area contributed by atoms with Crippen LogP contribution in [0.15, 0.2) is 59.3 Å². The molecule has 0 bridgehead atoms. The number of aromatic nitrogens is 1. The first kappa shape index (κ1) is 18.9. The molecule has 0 saturated carbocycles. The van der Waals surface area contributed by atoms with Gasteiger partial charge < -0.3 is 14.2 Å². The van der Waals surface area contributed by atoms with Crippen LogP contribution in [-0.4, -0.2) is 53.8 Å². The summed E-state index contributed by atoms with van der Waals surface area (Å²) in [5.74, 6) is 0.284. The van der Waals surface area contributed by atoms with Crippen LogP contribution in [0.2, 0.25) is 0 Å². The van der Waals surface area contributed by atoms with Gasteiger partial charge in [0.25, 0.3) is 5.91 Å². The zero-order valence-electron chi connectivity index (χ0n) is 16.6. The Morgan fingerprint density at radius 1 is 1.14 bits per heavy atom. The van der Waals surface area contributed by atoms with Crippen molar-refractivity contribution in [3.8, 4) is 0 Å². The molecule has 0 unspecified atom stereocenters. The summed E-state index contributed by atoms with van der Waals surface area (Å²) in [5, 5.41) is 0.883. The van der Waals surface area contributed by atoms with Gasteiger partial charge in [0, 0.05) is 45.0 Å². The van der Waals surface area contributed by atoms with Crippen LogP contribution in [0.1, 0.15) is 28.1 Å². The van der Waals surface area contributed by atoms with Crippen LogP contribution in [0.3, 0.4) is 0 Å². The highest BCUT2D eigenvalue weighted by Crippen LogP contribution is 2.27. The molecule has 0 aliphatic carbocycles. The molecule has 0 saturated heterocycles. The number of rotatable bonds is 4. The SMILES string of the molecule is CN(C)C(=O)c1cc2cc(C3=CCCN(C(=O)Cc4ccncc4)C3)ccc2o1. The zero-order chi connectivity index (χ0) is 20.4. The van der Waals surface area contributed by atoms with Crippen LogP contribution in [0.25, 0.3) is 16.5 Å². The molecular weight excluding hydrogens is 366 g/mol. The molecule has 148 valence electrons. The average molecular weight is 389 g/mol. The Balaban J connectivity index is 1.52. The molecule has 1 aromatic carbocycles. The molecular formula is C23H23N3O3. The second-order valence-corrected chi connectivity index (χ2v) is 7.43. The summed E-state index contributed by atoms with van der Waals surface area (Å²) in [6.07, 6.45) is 6.81. The summed E-state index contributed by atoms with van der Waals surface area (Å²) in [7, 11) is 3.40. The third-order valence-corrected chi connectivity index (χ3v) is 5.11. The largest absolute Gasteiger partial charge is 0.451 e. The van der Waals surface area contributed by atoms with E-state index >= 15 is 0 Å². The fourth-order valence-electron chi connectivity index (χ4n) is 3.52. The topological polar surface area (TPSA) is 66.7 Å². The molecule has 2 aromatic heterocycles. The summed E-state index contributed by atoms with van der Waals surface area (Å²) in [4.78, 5) is 32.3. The van der Waals surface area contributed by atoms with Crippen molar-refractivity contribution in [2.24, 2.45) is 0 Å². The smallest absolute Gasteiger partial charge is 0.289 e. The number of hydrogen-bond acceptors (Lipinski definition) is 4. The van der Waals surface area contributed by atoms with Gasteiger partial charge in [-0.3, -0.25) is 14.6 Å². The number of carbonyl (C=O) groups is 2. The van der Waals surface area contributed by atoms with Crippen LogP contribution in [0.4, 0.5) is 0 Å². The van der Waals surface area contributed by atoms with Crippen molar-refractivity contribution < 1.29 is 14.0 Å². The van der Waals surface area contributed by atoms with Gasteiger partial charge in [-0.2, -0.15) is 0 Å². The Kier molecular flexibility index (Phi) is 5.16. The van der Waals surface area contributed by atoms with Crippen molar-refractivity contribution in [2.45, 2.75) is 12.8 Å². The molecule has 3 heterocycles. The van der Waals surface area contributed by atoms with Crippen molar-refractivity contribution in [3.63, 3.8) is 0 Å². The standard InChI is InChI=1S/C23H23N3O3/c1-25(2)23(28)21-14-19-13-17(5-6-20(19)29-21)18-4-3-11-26(15-18)22(27)12-16-7-9-24-10-8-16/h4-10,13-14H,3,11-12,15H2,1-2H3. The maximum atomic E-state index is 12.7. The van der Waals surface area contributed by atoms with E-state index in [1.54, 1.807) is 32.6 Å². The van der Waals surface area contributed by atoms with E-state index in [0.717, 1.165) is 35.1 Å². The summed E-state index contributed by atoms with van der Waals surface area (Å²) < 4.78 is 5.68. The van der Waals surface area contributed by atoms with Crippen LogP contribution < -0.4 is 0 Å². The normalized spacial score (nSPS) is 14.0. The zero-order valence-corrected chi connectivity index (χ0v) is 16.6. The highest BCUT2D eigenvalue weighted by Gasteiger charge is 2.20. The highest BCUT2D eigenvalue weighted by atomic mass is 16.3. The van der Waals surface area contributed by atoms with Gasteiger partial charge in [0.1, 0.15) is 5.58 Å². The first-order chi connectivity index (χ1) is 14.0. The van der Waals surface area contributed by atoms with E-state index in [9.17, 15) is 9.59 Å². The second-order valence-electron chi connectivity index (χ2n) is 7.43. The lowest BCUT2D eigenvalue weighted by Gasteiger charge is -2.28. The van der Waals surface area contributed by atoms with Gasteiger partial charge in [0.05, 0.1) is 6.42 Å². The van der Waals surface area contributed by atoms with Gasteiger partial charge in [-0.25, -0.2) is 0 Å². The molecule has 29 heavy (non-hydrogen) atoms. The van der Waals surface area contributed by atoms with E-state index < -0.39 is 0 Å². The first-order valence-corrected chi connectivity index (χ1v) is 9.62. The molecule has 0 fully saturated rings. The van der Waals surface area contributed by atoms with Gasteiger partial charge in [-0.15, -0.1) is 0 Å². The van der Waals surface area contributed by atoms with E-state index in [1.165, 1.54) is 4.90 Å². The summed E-state index contributed by atoms with van der Waals surface area (Å²) in [6.45, 7) is 1.31. The lowest BCUT2D eigenvalue weighted by Crippen LogP contribution is -2.36. The molecule has 0 N–H and O–H groups in total. The number of nitrogens with zero attached hydrogens (tertiary/aromatic N) is 3. The van der Waals surface area contributed by atoms with Crippen LogP contribution in [0, 0.1) is 0 Å². The Morgan fingerprint density at radius 3 is 2.69 bits per heavy atom. The van der Waals surface area contributed by atoms with Gasteiger partial charge in [0.2, 0.25) is 5.91 Å². The minimum atomic E-state index is -0.160. The van der Waals surface area contributed by atoms with Crippen molar-refractivity contribution in [3.05, 3.63) is 71.8 Å². The molecule has 0 radical (unpaired) electrons. The number of benzene rings is 1. The first-order valence-electron chi connectivity index (χ1n) is 9.62. The molecule has 6 heteroatoms. The molecule has 6 nitrogen and oxygen atoms in total. The van der Waals surface area contributed by atoms with Crippen LogP contribution in [-0.2, 0) is 11.2 Å². The van der Waals surface area contributed by atoms with Crippen molar-refractivity contribution in [1.29, 1.82) is 0 Å². The predicted octanol–water partition coefficient (Wildman–Crippen LogP) is 3.39. The summed E-state index contributed by atoms with van der Waals surface area (Å²) >= 11 is 0. The van der Waals surface area contributed by atoms with Gasteiger partial charge in [0.15, 0.2) is 5.76 Å². The number of amides is 2. The molecule has 3 aromatic rings. The molecule has 1 aliphatic heterocycles. The van der Waals surface area contributed by atoms with E-state index in [-0.39, 0.29) is 11.8 Å². The van der Waals surface area contributed by atoms with Gasteiger partial charge in [-0.1, -0.05) is 12.1 Å². The molecule has 4 rings (SSSR count). The molecule has 2 amide bonds. The van der Waals surface area contributed by atoms with Crippen molar-refractivity contribution >= 4 is 28.4 Å². The second kappa shape index (κ2) is 7.91. The minimum absolute atomic E-state index is 0.116. The molecule has 0 atom stereocenters. The third kappa shape index (κ3) is 4.06. The fourth-order valence-corrected chi connectivity index (χ4v) is 3.52. The Bertz CT molecular complexity index is 1080. The highest BCUT2D eigenvalue weighted by molar-refractivity contribution is 5.96. The lowest BCUT2D eigenvalue weighted by molar-refractivity contribution is -0.129. The fraction of sp³-hybridized carbons (Fsp3) is 0.261. The van der Waals surface area contributed by atoms with Crippen molar-refractivity contribution in [1.82, 2.24) is 14.8 Å². The number of fused-ring (bicyclic) bond motifs is 1. The lowest BCUT2D eigenvalue weighted by atomic mass is 9.99. The molecule has 1 aliphatic rings. The van der Waals surface area contributed by atoms with E-state index in [4.69, 9.17) is 4.42 Å². The number of pyridine rings is 1. The quantitative estimate of drug-likeness (QED) is 0.686. The Labute approximate surface area is 169 Å². The Hall–Kier alpha value is -3.41. The van der Waals surface area contributed by atoms with E-state index in [2.05, 4.69) is 11.1 Å². The van der Waals surface area contributed by atoms with E-state index in [0.29, 0.717) is 24.3 Å². The summed E-state index contributed by atoms with van der Waals surface area (Å²) in [6, 6.07) is 11.4. The van der Waals surface area contributed by atoms with Crippen LogP contribution in [0.5, 0.6) is 0 Å². The van der Waals surface area contributed by atoms with Gasteiger partial charge in [-0.05, 0) is 53.5 Å². The summed E-state index contributed by atoms with van der Waals surface area (Å²) in [5.41, 5.74) is 3.81. The van der Waals surface area contributed by atoms with Gasteiger partial charge >= 0.3 is 0 Å². The van der Waals surface area contributed by atoms with Crippen LogP contribution >= 0.6 is 0 Å². The number of furan rings is 1. The molecule has 0 spiro atoms. The monoisotopic (exact) mass is 389 g/mol. The van der Waals surface area contributed by atoms with Crippen molar-refractivity contribution in [2.75, 3.05) is 27.2 Å². The average Bonchev–Trinajstić information content (AvgIpc) is 3.17. The Morgan fingerprint density at radius 2 is 1.93 bits per heavy atom. The number of carbonyl (C=O) groups excluding carboxylic acids is 2. The third-order valence-electron chi connectivity index (χ3n) is 5.11. The minimum Gasteiger partial charge on any atom is -0.451 e. The van der Waals surface area contributed by atoms with E-state index in [1.807, 2.05) is 35.2 Å². The predicted molar refractivity (Wildman–Crippen MR) is 111 cm³/mol. The maximum absolute atomic E-state index is 12.7. The number of hydrogen-bond donors (Lipinski definition) is 0.